The number of hydrogen-bond donors (Lipinski definition) is 0. The number of benzene rings is 2. The number of carbonyl (C=O) groups is 1. The number of rotatable bonds is 2. The Morgan fingerprint density at radius 2 is 1.87 bits per heavy atom. The minimum atomic E-state index is 0.0602. The molecule has 2 aromatic carbocycles. The Morgan fingerprint density at radius 1 is 1.13 bits per heavy atom. The molecule has 116 valence electrons. The van der Waals surface area contributed by atoms with Crippen LogP contribution < -0.4 is 0 Å². The molecule has 0 radical (unpaired) electrons. The van der Waals surface area contributed by atoms with Gasteiger partial charge in [-0.15, -0.1) is 11.8 Å². The van der Waals surface area contributed by atoms with Crippen LogP contribution in [0.25, 0.3) is 0 Å². The maximum Gasteiger partial charge on any atom is 0.229 e. The minimum Gasteiger partial charge on any atom is -0.295 e. The van der Waals surface area contributed by atoms with E-state index in [1.807, 2.05) is 24.3 Å². The molecular weight excluding hydrogens is 351 g/mol. The van der Waals surface area contributed by atoms with Crippen LogP contribution in [0.1, 0.15) is 12.0 Å². The van der Waals surface area contributed by atoms with Crippen LogP contribution >= 0.6 is 35.0 Å². The zero-order valence-corrected chi connectivity index (χ0v) is 14.3. The summed E-state index contributed by atoms with van der Waals surface area (Å²) in [4.78, 5) is 20.0. The molecule has 0 saturated carbocycles. The molecule has 0 N–H and O–H groups in total. The van der Waals surface area contributed by atoms with Gasteiger partial charge in [0.1, 0.15) is 5.84 Å². The third-order valence-electron chi connectivity index (χ3n) is 3.97. The van der Waals surface area contributed by atoms with Crippen molar-refractivity contribution in [2.75, 3.05) is 0 Å². The molecular formula is C17H12Cl2N2OS. The third kappa shape index (κ3) is 2.65. The normalized spacial score (nSPS) is 19.4. The Bertz CT molecular complexity index is 817. The van der Waals surface area contributed by atoms with Crippen LogP contribution in [-0.2, 0) is 11.3 Å². The number of para-hydroxylation sites is 1. The van der Waals surface area contributed by atoms with E-state index in [1.54, 1.807) is 34.9 Å². The standard InChI is InChI=1S/C17H12Cl2N2OS/c18-11-4-3-5-12(19)10(11)9-21-16(22)8-15-17(21)20-13-6-1-2-7-14(13)23-15/h1-7,15H,8-9H2. The van der Waals surface area contributed by atoms with Crippen LogP contribution in [0, 0.1) is 0 Å². The second-order valence-corrected chi connectivity index (χ2v) is 7.49. The molecule has 2 aliphatic heterocycles. The van der Waals surface area contributed by atoms with E-state index in [0.29, 0.717) is 23.0 Å². The van der Waals surface area contributed by atoms with Crippen LogP contribution in [0.5, 0.6) is 0 Å². The fourth-order valence-electron chi connectivity index (χ4n) is 2.82. The fraction of sp³-hybridized carbons (Fsp3) is 0.176. The van der Waals surface area contributed by atoms with Gasteiger partial charge in [-0.25, -0.2) is 4.99 Å². The number of thioether (sulfide) groups is 1. The number of amides is 1. The predicted octanol–water partition coefficient (Wildman–Crippen LogP) is 4.93. The lowest BCUT2D eigenvalue weighted by molar-refractivity contribution is -0.126. The van der Waals surface area contributed by atoms with Gasteiger partial charge >= 0.3 is 0 Å². The molecule has 1 unspecified atom stereocenters. The molecule has 4 rings (SSSR count). The third-order valence-corrected chi connectivity index (χ3v) is 5.94. The molecule has 2 aliphatic rings. The first kappa shape index (κ1) is 15.1. The zero-order chi connectivity index (χ0) is 16.0. The maximum absolute atomic E-state index is 12.5. The Hall–Kier alpha value is -1.49. The summed E-state index contributed by atoms with van der Waals surface area (Å²) in [6.07, 6.45) is 0.458. The second kappa shape index (κ2) is 5.86. The molecule has 1 atom stereocenters. The van der Waals surface area contributed by atoms with E-state index in [-0.39, 0.29) is 11.2 Å². The van der Waals surface area contributed by atoms with E-state index >= 15 is 0 Å². The molecule has 1 saturated heterocycles. The number of amidine groups is 1. The summed E-state index contributed by atoms with van der Waals surface area (Å²) < 4.78 is 0. The van der Waals surface area contributed by atoms with Crippen molar-refractivity contribution < 1.29 is 4.79 Å². The highest BCUT2D eigenvalue weighted by molar-refractivity contribution is 8.01. The molecule has 2 heterocycles. The van der Waals surface area contributed by atoms with Crippen molar-refractivity contribution >= 4 is 52.4 Å². The Morgan fingerprint density at radius 3 is 2.65 bits per heavy atom. The van der Waals surface area contributed by atoms with E-state index in [9.17, 15) is 4.79 Å². The zero-order valence-electron chi connectivity index (χ0n) is 12.0. The lowest BCUT2D eigenvalue weighted by atomic mass is 10.2. The van der Waals surface area contributed by atoms with Crippen LogP contribution in [0.3, 0.4) is 0 Å². The van der Waals surface area contributed by atoms with Gasteiger partial charge in [0.05, 0.1) is 17.5 Å². The largest absolute Gasteiger partial charge is 0.295 e. The summed E-state index contributed by atoms with van der Waals surface area (Å²) in [7, 11) is 0. The minimum absolute atomic E-state index is 0.0602. The van der Waals surface area contributed by atoms with E-state index in [4.69, 9.17) is 28.2 Å². The van der Waals surface area contributed by atoms with Gasteiger partial charge in [0.15, 0.2) is 0 Å². The fourth-order valence-corrected chi connectivity index (χ4v) is 4.55. The first-order valence-electron chi connectivity index (χ1n) is 7.21. The highest BCUT2D eigenvalue weighted by Gasteiger charge is 2.40. The summed E-state index contributed by atoms with van der Waals surface area (Å²) in [5, 5.41) is 1.20. The van der Waals surface area contributed by atoms with Crippen molar-refractivity contribution in [2.45, 2.75) is 23.1 Å². The van der Waals surface area contributed by atoms with Crippen molar-refractivity contribution in [1.29, 1.82) is 0 Å². The van der Waals surface area contributed by atoms with Crippen molar-refractivity contribution in [3.8, 4) is 0 Å². The van der Waals surface area contributed by atoms with Gasteiger partial charge in [0, 0.05) is 26.9 Å². The topological polar surface area (TPSA) is 32.7 Å². The van der Waals surface area contributed by atoms with Crippen LogP contribution in [-0.4, -0.2) is 21.9 Å². The number of halogens is 2. The molecule has 1 amide bonds. The lowest BCUT2D eigenvalue weighted by Crippen LogP contribution is -2.32. The van der Waals surface area contributed by atoms with Crippen molar-refractivity contribution in [3.05, 3.63) is 58.1 Å². The van der Waals surface area contributed by atoms with Gasteiger partial charge in [0.25, 0.3) is 0 Å². The van der Waals surface area contributed by atoms with E-state index in [1.165, 1.54) is 0 Å². The Kier molecular flexibility index (Phi) is 3.84. The summed E-state index contributed by atoms with van der Waals surface area (Å²) in [6, 6.07) is 13.3. The average molecular weight is 363 g/mol. The summed E-state index contributed by atoms with van der Waals surface area (Å²) in [6.45, 7) is 0.357. The van der Waals surface area contributed by atoms with Crippen molar-refractivity contribution in [1.82, 2.24) is 4.90 Å². The second-order valence-electron chi connectivity index (χ2n) is 5.43. The number of likely N-dealkylation sites (tertiary alicyclic amines) is 1. The number of aliphatic imine (C=N–C) groups is 1. The van der Waals surface area contributed by atoms with Crippen LogP contribution in [0.2, 0.25) is 10.0 Å². The number of hydrogen-bond acceptors (Lipinski definition) is 3. The smallest absolute Gasteiger partial charge is 0.229 e. The SMILES string of the molecule is O=C1CC2Sc3ccccc3N=C2N1Cc1c(Cl)cccc1Cl. The predicted molar refractivity (Wildman–Crippen MR) is 94.8 cm³/mol. The van der Waals surface area contributed by atoms with Crippen LogP contribution in [0.4, 0.5) is 5.69 Å². The Labute approximate surface area is 148 Å². The summed E-state index contributed by atoms with van der Waals surface area (Å²) >= 11 is 14.2. The van der Waals surface area contributed by atoms with Gasteiger partial charge in [-0.1, -0.05) is 41.4 Å². The first-order chi connectivity index (χ1) is 11.1. The van der Waals surface area contributed by atoms with Gasteiger partial charge in [-0.3, -0.25) is 9.69 Å². The highest BCUT2D eigenvalue weighted by Crippen LogP contribution is 2.43. The van der Waals surface area contributed by atoms with Crippen LogP contribution in [0.15, 0.2) is 52.4 Å². The molecule has 23 heavy (non-hydrogen) atoms. The first-order valence-corrected chi connectivity index (χ1v) is 8.84. The molecule has 0 aromatic heterocycles. The summed E-state index contributed by atoms with van der Waals surface area (Å²) in [5.74, 6) is 0.861. The van der Waals surface area contributed by atoms with Gasteiger partial charge in [-0.05, 0) is 24.3 Å². The monoisotopic (exact) mass is 362 g/mol. The molecule has 2 aromatic rings. The molecule has 1 fully saturated rings. The summed E-state index contributed by atoms with van der Waals surface area (Å²) in [5.41, 5.74) is 1.67. The molecule has 6 heteroatoms. The number of fused-ring (bicyclic) bond motifs is 2. The lowest BCUT2D eigenvalue weighted by Gasteiger charge is -2.23. The molecule has 0 aliphatic carbocycles. The quantitative estimate of drug-likeness (QED) is 0.758. The van der Waals surface area contributed by atoms with Gasteiger partial charge in [-0.2, -0.15) is 0 Å². The van der Waals surface area contributed by atoms with Gasteiger partial charge in [0.2, 0.25) is 5.91 Å². The van der Waals surface area contributed by atoms with E-state index in [0.717, 1.165) is 22.0 Å². The van der Waals surface area contributed by atoms with Crippen molar-refractivity contribution in [3.63, 3.8) is 0 Å². The van der Waals surface area contributed by atoms with E-state index in [2.05, 4.69) is 0 Å². The maximum atomic E-state index is 12.5. The Balaban J connectivity index is 1.72. The highest BCUT2D eigenvalue weighted by atomic mass is 35.5. The average Bonchev–Trinajstić information content (AvgIpc) is 2.83. The number of nitrogens with zero attached hydrogens (tertiary/aromatic N) is 2. The molecule has 3 nitrogen and oxygen atoms in total. The van der Waals surface area contributed by atoms with Crippen molar-refractivity contribution in [2.24, 2.45) is 4.99 Å². The van der Waals surface area contributed by atoms with E-state index < -0.39 is 0 Å². The van der Waals surface area contributed by atoms with Gasteiger partial charge < -0.3 is 0 Å². The molecule has 0 spiro atoms. The number of carbonyl (C=O) groups excluding carboxylic acids is 1. The molecule has 0 bridgehead atoms.